The van der Waals surface area contributed by atoms with E-state index >= 15 is 0 Å². The number of likely N-dealkylation sites (tertiary alicyclic amines) is 1. The van der Waals surface area contributed by atoms with Gasteiger partial charge in [0.2, 0.25) is 0 Å². The molecular formula is C26H32N2O4. The van der Waals surface area contributed by atoms with E-state index in [1.54, 1.807) is 24.3 Å². The number of ketones is 1. The van der Waals surface area contributed by atoms with Gasteiger partial charge >= 0.3 is 6.09 Å². The molecule has 2 aromatic rings. The monoisotopic (exact) mass is 436 g/mol. The van der Waals surface area contributed by atoms with Crippen molar-refractivity contribution in [3.05, 3.63) is 65.5 Å². The second-order valence-electron chi connectivity index (χ2n) is 9.14. The Kier molecular flexibility index (Phi) is 7.33. The second-order valence-corrected chi connectivity index (χ2v) is 9.14. The number of Topliss-reactive ketones (excluding diaryl/α,β-unsaturated/α-hetero) is 1. The molecule has 1 saturated heterocycles. The van der Waals surface area contributed by atoms with Gasteiger partial charge in [0.05, 0.1) is 32.0 Å². The molecule has 0 bridgehead atoms. The van der Waals surface area contributed by atoms with E-state index in [0.29, 0.717) is 24.3 Å². The third-order valence-electron chi connectivity index (χ3n) is 5.80. The van der Waals surface area contributed by atoms with E-state index in [4.69, 9.17) is 9.47 Å². The number of amides is 1. The topological polar surface area (TPSA) is 68.7 Å². The lowest BCUT2D eigenvalue weighted by Gasteiger charge is -2.45. The molecule has 0 saturated carbocycles. The molecule has 1 aromatic heterocycles. The summed E-state index contributed by atoms with van der Waals surface area (Å²) in [4.78, 5) is 32.6. The van der Waals surface area contributed by atoms with Crippen LogP contribution in [0.2, 0.25) is 0 Å². The van der Waals surface area contributed by atoms with Gasteiger partial charge in [0, 0.05) is 17.2 Å². The molecule has 1 aromatic carbocycles. The molecule has 0 N–H and O–H groups in total. The van der Waals surface area contributed by atoms with Crippen LogP contribution in [0.5, 0.6) is 5.75 Å². The molecule has 1 amide bonds. The Morgan fingerprint density at radius 3 is 2.53 bits per heavy atom. The summed E-state index contributed by atoms with van der Waals surface area (Å²) < 4.78 is 10.8. The molecule has 170 valence electrons. The standard InChI is InChI=1S/C26H32N2O4/c1-18(2)17-32-25(30)28-16-20(15-21-8-6-7-13-27-21)24(29)26(3,4)23(28)14-19-9-11-22(31-5)12-10-19/h6-13,15,18,23H,14,16-17H2,1-5H3/b20-15+. The van der Waals surface area contributed by atoms with E-state index in [-0.39, 0.29) is 24.3 Å². The Balaban J connectivity index is 1.95. The molecule has 6 heteroatoms. The number of hydrogen-bond donors (Lipinski definition) is 0. The molecule has 1 fully saturated rings. The van der Waals surface area contributed by atoms with E-state index in [1.165, 1.54) is 0 Å². The Labute approximate surface area is 190 Å². The molecule has 0 spiro atoms. The highest BCUT2D eigenvalue weighted by atomic mass is 16.6. The SMILES string of the molecule is COc1ccc(CC2N(C(=O)OCC(C)C)C/C(=C\c3ccccn3)C(=O)C2(C)C)cc1. The molecule has 2 heterocycles. The van der Waals surface area contributed by atoms with Crippen molar-refractivity contribution in [3.63, 3.8) is 0 Å². The quantitative estimate of drug-likeness (QED) is 0.609. The highest BCUT2D eigenvalue weighted by Gasteiger charge is 2.48. The van der Waals surface area contributed by atoms with Gasteiger partial charge in [-0.1, -0.05) is 45.9 Å². The fraction of sp³-hybridized carbons (Fsp3) is 0.423. The van der Waals surface area contributed by atoms with Gasteiger partial charge in [0.15, 0.2) is 5.78 Å². The van der Waals surface area contributed by atoms with Crippen LogP contribution in [0.3, 0.4) is 0 Å². The predicted molar refractivity (Wildman–Crippen MR) is 124 cm³/mol. The van der Waals surface area contributed by atoms with Crippen LogP contribution in [0.25, 0.3) is 6.08 Å². The summed E-state index contributed by atoms with van der Waals surface area (Å²) in [5.41, 5.74) is 1.47. The number of rotatable bonds is 6. The van der Waals surface area contributed by atoms with Crippen molar-refractivity contribution in [1.82, 2.24) is 9.88 Å². The zero-order valence-corrected chi connectivity index (χ0v) is 19.5. The van der Waals surface area contributed by atoms with Crippen molar-refractivity contribution in [3.8, 4) is 5.75 Å². The van der Waals surface area contributed by atoms with Crippen molar-refractivity contribution in [2.24, 2.45) is 11.3 Å². The number of aromatic nitrogens is 1. The molecule has 0 aliphatic carbocycles. The minimum atomic E-state index is -0.796. The first kappa shape index (κ1) is 23.5. The summed E-state index contributed by atoms with van der Waals surface area (Å²) in [5.74, 6) is 1.01. The second kappa shape index (κ2) is 9.98. The predicted octanol–water partition coefficient (Wildman–Crippen LogP) is 4.79. The summed E-state index contributed by atoms with van der Waals surface area (Å²) in [6.45, 7) is 8.32. The van der Waals surface area contributed by atoms with Gasteiger partial charge in [0.25, 0.3) is 0 Å². The third-order valence-corrected chi connectivity index (χ3v) is 5.80. The van der Waals surface area contributed by atoms with Crippen LogP contribution in [0.1, 0.15) is 39.0 Å². The molecule has 1 atom stereocenters. The average Bonchev–Trinajstić information content (AvgIpc) is 2.78. The number of methoxy groups -OCH3 is 1. The van der Waals surface area contributed by atoms with Gasteiger partial charge in [-0.2, -0.15) is 0 Å². The number of benzene rings is 1. The number of carbonyl (C=O) groups excluding carboxylic acids is 2. The van der Waals surface area contributed by atoms with Crippen molar-refractivity contribution in [2.75, 3.05) is 20.3 Å². The lowest BCUT2D eigenvalue weighted by molar-refractivity contribution is -0.129. The van der Waals surface area contributed by atoms with Crippen LogP contribution in [0.4, 0.5) is 4.79 Å². The fourth-order valence-electron chi connectivity index (χ4n) is 3.93. The van der Waals surface area contributed by atoms with Gasteiger partial charge in [-0.25, -0.2) is 4.79 Å². The van der Waals surface area contributed by atoms with Crippen LogP contribution < -0.4 is 4.74 Å². The number of nitrogens with zero attached hydrogens (tertiary/aromatic N) is 2. The van der Waals surface area contributed by atoms with Crippen LogP contribution in [-0.2, 0) is 16.0 Å². The van der Waals surface area contributed by atoms with E-state index in [0.717, 1.165) is 11.3 Å². The van der Waals surface area contributed by atoms with Gasteiger partial charge in [-0.15, -0.1) is 0 Å². The summed E-state index contributed by atoms with van der Waals surface area (Å²) in [5, 5.41) is 0. The Morgan fingerprint density at radius 1 is 1.22 bits per heavy atom. The van der Waals surface area contributed by atoms with Crippen molar-refractivity contribution in [1.29, 1.82) is 0 Å². The molecule has 3 rings (SSSR count). The molecule has 32 heavy (non-hydrogen) atoms. The van der Waals surface area contributed by atoms with Crippen LogP contribution in [-0.4, -0.2) is 48.1 Å². The summed E-state index contributed by atoms with van der Waals surface area (Å²) in [7, 11) is 1.62. The molecule has 0 radical (unpaired) electrons. The van der Waals surface area contributed by atoms with Gasteiger partial charge in [0.1, 0.15) is 5.75 Å². The summed E-state index contributed by atoms with van der Waals surface area (Å²) >= 11 is 0. The minimum Gasteiger partial charge on any atom is -0.497 e. The van der Waals surface area contributed by atoms with Gasteiger partial charge in [-0.05, 0) is 48.2 Å². The highest BCUT2D eigenvalue weighted by molar-refractivity contribution is 6.05. The zero-order valence-electron chi connectivity index (χ0n) is 19.5. The lowest BCUT2D eigenvalue weighted by atomic mass is 9.71. The van der Waals surface area contributed by atoms with Crippen molar-refractivity contribution < 1.29 is 19.1 Å². The largest absolute Gasteiger partial charge is 0.497 e. The minimum absolute atomic E-state index is 0.0228. The molecule has 1 aliphatic heterocycles. The van der Waals surface area contributed by atoms with Crippen molar-refractivity contribution >= 4 is 18.0 Å². The first-order valence-corrected chi connectivity index (χ1v) is 10.9. The van der Waals surface area contributed by atoms with Gasteiger partial charge in [-0.3, -0.25) is 14.7 Å². The van der Waals surface area contributed by atoms with E-state index in [9.17, 15) is 9.59 Å². The molecular weight excluding hydrogens is 404 g/mol. The maximum absolute atomic E-state index is 13.5. The number of hydrogen-bond acceptors (Lipinski definition) is 5. The molecule has 1 unspecified atom stereocenters. The highest BCUT2D eigenvalue weighted by Crippen LogP contribution is 2.38. The maximum atomic E-state index is 13.5. The Bertz CT molecular complexity index is 965. The molecule has 1 aliphatic rings. The smallest absolute Gasteiger partial charge is 0.410 e. The van der Waals surface area contributed by atoms with E-state index in [1.807, 2.05) is 70.2 Å². The number of piperidine rings is 1. The fourth-order valence-corrected chi connectivity index (χ4v) is 3.93. The zero-order chi connectivity index (χ0) is 23.3. The normalized spacial score (nSPS) is 19.3. The molecule has 6 nitrogen and oxygen atoms in total. The van der Waals surface area contributed by atoms with E-state index < -0.39 is 11.5 Å². The maximum Gasteiger partial charge on any atom is 0.410 e. The number of carbonyl (C=O) groups is 2. The van der Waals surface area contributed by atoms with E-state index in [2.05, 4.69) is 4.98 Å². The Hall–Kier alpha value is -3.15. The lowest BCUT2D eigenvalue weighted by Crippen LogP contribution is -2.58. The van der Waals surface area contributed by atoms with Crippen LogP contribution in [0, 0.1) is 11.3 Å². The summed E-state index contributed by atoms with van der Waals surface area (Å²) in [6.07, 6.45) is 3.60. The first-order valence-electron chi connectivity index (χ1n) is 10.9. The number of ether oxygens (including phenoxy) is 2. The summed E-state index contributed by atoms with van der Waals surface area (Å²) in [6, 6.07) is 12.9. The first-order chi connectivity index (χ1) is 15.2. The third kappa shape index (κ3) is 5.36. The van der Waals surface area contributed by atoms with Crippen LogP contribution in [0.15, 0.2) is 54.2 Å². The number of pyridine rings is 1. The van der Waals surface area contributed by atoms with Crippen LogP contribution >= 0.6 is 0 Å². The van der Waals surface area contributed by atoms with Gasteiger partial charge < -0.3 is 9.47 Å². The average molecular weight is 437 g/mol. The Morgan fingerprint density at radius 2 is 1.94 bits per heavy atom. The van der Waals surface area contributed by atoms with Crippen molar-refractivity contribution in [2.45, 2.75) is 40.2 Å².